The molecule has 0 N–H and O–H groups in total. The minimum Gasteiger partial charge on any atom is -0.480 e. The molecular formula is C15H11BrClN3O2S. The standard InChI is InChI=1S/C15H11BrClN3O2S/c1-21-13-12(16)14(22-2)20-15(19-13)23-11-5-6-18-10-7-8(17)3-4-9(10)11/h3-7H,1-2H3. The van der Waals surface area contributed by atoms with Crippen LogP contribution in [0.25, 0.3) is 10.9 Å². The first-order chi connectivity index (χ1) is 11.1. The van der Waals surface area contributed by atoms with Crippen molar-refractivity contribution in [2.45, 2.75) is 10.1 Å². The van der Waals surface area contributed by atoms with Crippen LogP contribution in [0.2, 0.25) is 5.02 Å². The smallest absolute Gasteiger partial charge is 0.235 e. The first-order valence-corrected chi connectivity index (χ1v) is 8.48. The van der Waals surface area contributed by atoms with Gasteiger partial charge in [0.1, 0.15) is 4.47 Å². The molecule has 1 aromatic carbocycles. The zero-order valence-electron chi connectivity index (χ0n) is 12.2. The molecule has 0 saturated carbocycles. The van der Waals surface area contributed by atoms with Crippen LogP contribution in [0.3, 0.4) is 0 Å². The number of fused-ring (bicyclic) bond motifs is 1. The molecule has 0 unspecified atom stereocenters. The lowest BCUT2D eigenvalue weighted by Crippen LogP contribution is -1.98. The van der Waals surface area contributed by atoms with Crippen LogP contribution < -0.4 is 9.47 Å². The van der Waals surface area contributed by atoms with Gasteiger partial charge in [-0.2, -0.15) is 9.97 Å². The summed E-state index contributed by atoms with van der Waals surface area (Å²) in [4.78, 5) is 14.1. The van der Waals surface area contributed by atoms with Gasteiger partial charge in [0.05, 0.1) is 19.7 Å². The molecule has 2 aromatic heterocycles. The second kappa shape index (κ2) is 6.90. The minimum absolute atomic E-state index is 0.417. The second-order valence-electron chi connectivity index (χ2n) is 4.41. The van der Waals surface area contributed by atoms with Crippen molar-refractivity contribution < 1.29 is 9.47 Å². The summed E-state index contributed by atoms with van der Waals surface area (Å²) < 4.78 is 11.1. The van der Waals surface area contributed by atoms with Gasteiger partial charge in [0.15, 0.2) is 5.16 Å². The van der Waals surface area contributed by atoms with Gasteiger partial charge >= 0.3 is 0 Å². The van der Waals surface area contributed by atoms with Gasteiger partial charge in [0, 0.05) is 21.5 Å². The average molecular weight is 413 g/mol. The number of pyridine rings is 1. The number of methoxy groups -OCH3 is 2. The summed E-state index contributed by atoms with van der Waals surface area (Å²) in [6, 6.07) is 7.50. The zero-order chi connectivity index (χ0) is 16.4. The highest BCUT2D eigenvalue weighted by molar-refractivity contribution is 9.10. The molecule has 0 bridgehead atoms. The Kier molecular flexibility index (Phi) is 4.89. The van der Waals surface area contributed by atoms with E-state index >= 15 is 0 Å². The van der Waals surface area contributed by atoms with E-state index in [0.717, 1.165) is 15.8 Å². The number of benzene rings is 1. The zero-order valence-corrected chi connectivity index (χ0v) is 15.4. The monoisotopic (exact) mass is 411 g/mol. The Morgan fingerprint density at radius 2 is 1.78 bits per heavy atom. The van der Waals surface area contributed by atoms with Gasteiger partial charge in [-0.25, -0.2) is 0 Å². The van der Waals surface area contributed by atoms with Crippen molar-refractivity contribution in [1.82, 2.24) is 15.0 Å². The fourth-order valence-corrected chi connectivity index (χ4v) is 3.52. The third-order valence-corrected chi connectivity index (χ3v) is 4.88. The predicted octanol–water partition coefficient (Wildman–Crippen LogP) is 4.61. The number of hydrogen-bond acceptors (Lipinski definition) is 6. The molecule has 8 heteroatoms. The summed E-state index contributed by atoms with van der Waals surface area (Å²) in [7, 11) is 3.09. The first kappa shape index (κ1) is 16.3. The molecule has 3 aromatic rings. The van der Waals surface area contributed by atoms with Gasteiger partial charge in [-0.3, -0.25) is 4.98 Å². The number of aromatic nitrogens is 3. The van der Waals surface area contributed by atoms with E-state index in [1.54, 1.807) is 20.4 Å². The Bertz CT molecular complexity index is 853. The maximum absolute atomic E-state index is 6.02. The van der Waals surface area contributed by atoms with E-state index in [2.05, 4.69) is 30.9 Å². The van der Waals surface area contributed by atoms with Crippen molar-refractivity contribution in [3.05, 3.63) is 40.0 Å². The molecule has 0 saturated heterocycles. The summed E-state index contributed by atoms with van der Waals surface area (Å²) in [6.45, 7) is 0. The number of ether oxygens (including phenoxy) is 2. The molecule has 118 valence electrons. The van der Waals surface area contributed by atoms with Crippen molar-refractivity contribution in [3.63, 3.8) is 0 Å². The van der Waals surface area contributed by atoms with Crippen LogP contribution in [0.5, 0.6) is 11.8 Å². The average Bonchev–Trinajstić information content (AvgIpc) is 2.56. The summed E-state index contributed by atoms with van der Waals surface area (Å²) >= 11 is 10.8. The number of nitrogens with zero attached hydrogens (tertiary/aromatic N) is 3. The van der Waals surface area contributed by atoms with Crippen LogP contribution in [0.1, 0.15) is 0 Å². The van der Waals surface area contributed by atoms with Crippen LogP contribution in [-0.2, 0) is 0 Å². The summed E-state index contributed by atoms with van der Waals surface area (Å²) in [5.41, 5.74) is 0.818. The highest BCUT2D eigenvalue weighted by Gasteiger charge is 2.15. The first-order valence-electron chi connectivity index (χ1n) is 6.50. The van der Waals surface area contributed by atoms with Crippen LogP contribution in [0, 0.1) is 0 Å². The lowest BCUT2D eigenvalue weighted by molar-refractivity contribution is 0.359. The largest absolute Gasteiger partial charge is 0.480 e. The van der Waals surface area contributed by atoms with Crippen molar-refractivity contribution >= 4 is 50.2 Å². The van der Waals surface area contributed by atoms with Gasteiger partial charge in [0.2, 0.25) is 11.8 Å². The van der Waals surface area contributed by atoms with Crippen LogP contribution in [-0.4, -0.2) is 29.2 Å². The van der Waals surface area contributed by atoms with Gasteiger partial charge in [-0.1, -0.05) is 17.7 Å². The van der Waals surface area contributed by atoms with Crippen LogP contribution in [0.4, 0.5) is 0 Å². The van der Waals surface area contributed by atoms with Gasteiger partial charge < -0.3 is 9.47 Å². The molecule has 23 heavy (non-hydrogen) atoms. The third-order valence-electron chi connectivity index (χ3n) is 3.02. The molecule has 0 fully saturated rings. The van der Waals surface area contributed by atoms with E-state index in [1.165, 1.54) is 11.8 Å². The van der Waals surface area contributed by atoms with E-state index in [0.29, 0.717) is 26.4 Å². The van der Waals surface area contributed by atoms with E-state index in [9.17, 15) is 0 Å². The Hall–Kier alpha value is -1.57. The van der Waals surface area contributed by atoms with Crippen LogP contribution in [0.15, 0.2) is 45.0 Å². The van der Waals surface area contributed by atoms with Crippen molar-refractivity contribution in [2.75, 3.05) is 14.2 Å². The molecule has 0 amide bonds. The molecule has 0 atom stereocenters. The Balaban J connectivity index is 2.05. The minimum atomic E-state index is 0.417. The van der Waals surface area contributed by atoms with Crippen LogP contribution >= 0.6 is 39.3 Å². The Morgan fingerprint density at radius 3 is 2.43 bits per heavy atom. The van der Waals surface area contributed by atoms with Crippen molar-refractivity contribution in [1.29, 1.82) is 0 Å². The SMILES string of the molecule is COc1nc(Sc2ccnc3cc(Cl)ccc23)nc(OC)c1Br. The second-order valence-corrected chi connectivity index (χ2v) is 6.65. The molecule has 0 spiro atoms. The van der Waals surface area contributed by atoms with Gasteiger partial charge in [-0.05, 0) is 45.9 Å². The Morgan fingerprint density at radius 1 is 1.09 bits per heavy atom. The molecule has 3 rings (SSSR count). The predicted molar refractivity (Wildman–Crippen MR) is 93.7 cm³/mol. The fraction of sp³-hybridized carbons (Fsp3) is 0.133. The Labute approximate surface area is 150 Å². The molecule has 5 nitrogen and oxygen atoms in total. The summed E-state index contributed by atoms with van der Waals surface area (Å²) in [6.07, 6.45) is 1.73. The van der Waals surface area contributed by atoms with E-state index in [4.69, 9.17) is 21.1 Å². The van der Waals surface area contributed by atoms with E-state index in [1.807, 2.05) is 24.3 Å². The number of halogens is 2. The highest BCUT2D eigenvalue weighted by Crippen LogP contribution is 2.37. The maximum atomic E-state index is 6.02. The molecule has 0 aliphatic heterocycles. The quantitative estimate of drug-likeness (QED) is 0.583. The highest BCUT2D eigenvalue weighted by atomic mass is 79.9. The maximum Gasteiger partial charge on any atom is 0.235 e. The normalized spacial score (nSPS) is 10.8. The fourth-order valence-electron chi connectivity index (χ4n) is 1.99. The summed E-state index contributed by atoms with van der Waals surface area (Å²) in [5, 5.41) is 2.14. The summed E-state index contributed by atoms with van der Waals surface area (Å²) in [5.74, 6) is 0.835. The van der Waals surface area contributed by atoms with E-state index < -0.39 is 0 Å². The molecule has 0 aliphatic carbocycles. The number of hydrogen-bond donors (Lipinski definition) is 0. The lowest BCUT2D eigenvalue weighted by atomic mass is 10.2. The topological polar surface area (TPSA) is 57.1 Å². The molecular weight excluding hydrogens is 402 g/mol. The molecule has 0 aliphatic rings. The molecule has 0 radical (unpaired) electrons. The molecule has 2 heterocycles. The van der Waals surface area contributed by atoms with Gasteiger partial charge in [-0.15, -0.1) is 0 Å². The lowest BCUT2D eigenvalue weighted by Gasteiger charge is -2.10. The van der Waals surface area contributed by atoms with Crippen molar-refractivity contribution in [3.8, 4) is 11.8 Å². The van der Waals surface area contributed by atoms with Crippen molar-refractivity contribution in [2.24, 2.45) is 0 Å². The van der Waals surface area contributed by atoms with E-state index in [-0.39, 0.29) is 0 Å². The number of rotatable bonds is 4. The third kappa shape index (κ3) is 3.36. The van der Waals surface area contributed by atoms with Gasteiger partial charge in [0.25, 0.3) is 0 Å².